The lowest BCUT2D eigenvalue weighted by Gasteiger charge is -2.23. The van der Waals surface area contributed by atoms with Crippen molar-refractivity contribution in [3.8, 4) is 5.75 Å². The summed E-state index contributed by atoms with van der Waals surface area (Å²) in [5.74, 6) is 0.885. The van der Waals surface area contributed by atoms with Crippen LogP contribution in [0.3, 0.4) is 0 Å². The smallest absolute Gasteiger partial charge is 0.148 e. The summed E-state index contributed by atoms with van der Waals surface area (Å²) in [4.78, 5) is 11.4. The molecule has 0 saturated carbocycles. The molecular formula is C26H35N3O2. The average Bonchev–Trinajstić information content (AvgIpc) is 2.75. The van der Waals surface area contributed by atoms with Crippen LogP contribution in [0.25, 0.3) is 10.9 Å². The standard InChI is InChI=1S/C26H35N3O2/c1-4-15-29(16-17-30-5-2)19-23-18-21(3)26(25-24(23)11-8-14-28-25)31-20-22-9-6-12-27-13-7-10-22/h6,8,10-14,18H,4-5,7,9,15-17,19-20H2,1-3H3/b12-6-,22-10?,27-13?. The van der Waals surface area contributed by atoms with Gasteiger partial charge in [0.25, 0.3) is 0 Å². The quantitative estimate of drug-likeness (QED) is 0.356. The zero-order valence-electron chi connectivity index (χ0n) is 19.1. The fourth-order valence-electron chi connectivity index (χ4n) is 3.89. The SMILES string of the molecule is CCCN(CCOCC)Cc1cc(C)c(OCC2=CCC=N/C=C\C2)c2ncccc12. The van der Waals surface area contributed by atoms with E-state index in [0.717, 1.165) is 68.9 Å². The van der Waals surface area contributed by atoms with E-state index in [9.17, 15) is 0 Å². The molecule has 31 heavy (non-hydrogen) atoms. The first-order valence-electron chi connectivity index (χ1n) is 11.4. The fourth-order valence-corrected chi connectivity index (χ4v) is 3.89. The van der Waals surface area contributed by atoms with Crippen molar-refractivity contribution in [2.75, 3.05) is 32.9 Å². The van der Waals surface area contributed by atoms with Gasteiger partial charge < -0.3 is 9.47 Å². The highest BCUT2D eigenvalue weighted by Gasteiger charge is 2.15. The molecule has 0 aliphatic carbocycles. The number of rotatable bonds is 11. The van der Waals surface area contributed by atoms with Gasteiger partial charge in [-0.05, 0) is 56.0 Å². The molecule has 1 aliphatic heterocycles. The highest BCUT2D eigenvalue weighted by Crippen LogP contribution is 2.32. The lowest BCUT2D eigenvalue weighted by atomic mass is 10.0. The molecule has 3 rings (SSSR count). The molecule has 0 atom stereocenters. The van der Waals surface area contributed by atoms with Crippen LogP contribution in [-0.4, -0.2) is 49.0 Å². The Labute approximate surface area is 186 Å². The van der Waals surface area contributed by atoms with Crippen molar-refractivity contribution >= 4 is 17.1 Å². The second-order valence-electron chi connectivity index (χ2n) is 7.86. The van der Waals surface area contributed by atoms with E-state index in [0.29, 0.717) is 6.61 Å². The molecule has 0 radical (unpaired) electrons. The summed E-state index contributed by atoms with van der Waals surface area (Å²) in [5.41, 5.74) is 4.63. The number of aryl methyl sites for hydroxylation is 1. The second kappa shape index (κ2) is 12.4. The topological polar surface area (TPSA) is 47.0 Å². The van der Waals surface area contributed by atoms with Crippen LogP contribution in [0.1, 0.15) is 44.2 Å². The summed E-state index contributed by atoms with van der Waals surface area (Å²) in [6.07, 6.45) is 12.7. The van der Waals surface area contributed by atoms with Crippen LogP contribution in [0, 0.1) is 6.92 Å². The van der Waals surface area contributed by atoms with Crippen molar-refractivity contribution in [2.45, 2.75) is 46.6 Å². The number of benzene rings is 1. The van der Waals surface area contributed by atoms with Gasteiger partial charge in [-0.1, -0.05) is 31.2 Å². The first kappa shape index (κ1) is 23.2. The Kier molecular flexibility index (Phi) is 9.25. The predicted molar refractivity (Wildman–Crippen MR) is 129 cm³/mol. The van der Waals surface area contributed by atoms with Crippen LogP contribution in [0.5, 0.6) is 5.75 Å². The van der Waals surface area contributed by atoms with E-state index in [2.05, 4.69) is 48.0 Å². The molecule has 0 fully saturated rings. The average molecular weight is 422 g/mol. The molecule has 0 amide bonds. The van der Waals surface area contributed by atoms with Gasteiger partial charge in [0, 0.05) is 50.1 Å². The second-order valence-corrected chi connectivity index (χ2v) is 7.86. The van der Waals surface area contributed by atoms with Crippen molar-refractivity contribution in [3.63, 3.8) is 0 Å². The van der Waals surface area contributed by atoms with Crippen molar-refractivity contribution in [1.29, 1.82) is 0 Å². The van der Waals surface area contributed by atoms with Crippen LogP contribution < -0.4 is 4.74 Å². The molecule has 1 aromatic heterocycles. The maximum absolute atomic E-state index is 6.33. The molecule has 0 bridgehead atoms. The van der Waals surface area contributed by atoms with Gasteiger partial charge in [-0.15, -0.1) is 0 Å². The summed E-state index contributed by atoms with van der Waals surface area (Å²) >= 11 is 0. The van der Waals surface area contributed by atoms with Crippen molar-refractivity contribution in [2.24, 2.45) is 4.99 Å². The number of pyridine rings is 1. The fraction of sp³-hybridized carbons (Fsp3) is 0.462. The molecule has 0 saturated heterocycles. The van der Waals surface area contributed by atoms with E-state index in [1.165, 1.54) is 16.5 Å². The largest absolute Gasteiger partial charge is 0.487 e. The minimum Gasteiger partial charge on any atom is -0.487 e. The Bertz CT molecular complexity index is 934. The van der Waals surface area contributed by atoms with E-state index < -0.39 is 0 Å². The third-order valence-electron chi connectivity index (χ3n) is 5.40. The van der Waals surface area contributed by atoms with Gasteiger partial charge in [-0.2, -0.15) is 0 Å². The Morgan fingerprint density at radius 1 is 1.19 bits per heavy atom. The maximum atomic E-state index is 6.33. The Hall–Kier alpha value is -2.50. The molecule has 0 unspecified atom stereocenters. The van der Waals surface area contributed by atoms with Crippen LogP contribution in [0.15, 0.2) is 53.3 Å². The van der Waals surface area contributed by atoms with Crippen LogP contribution in [0.2, 0.25) is 0 Å². The predicted octanol–water partition coefficient (Wildman–Crippen LogP) is 5.48. The molecule has 166 valence electrons. The number of hydrogen-bond acceptors (Lipinski definition) is 5. The number of nitrogens with zero attached hydrogens (tertiary/aromatic N) is 3. The number of aliphatic imine (C=N–C) groups is 1. The van der Waals surface area contributed by atoms with Gasteiger partial charge in [0.1, 0.15) is 17.9 Å². The molecule has 2 aromatic rings. The van der Waals surface area contributed by atoms with E-state index in [1.54, 1.807) is 0 Å². The number of fused-ring (bicyclic) bond motifs is 1. The Balaban J connectivity index is 1.82. The number of aromatic nitrogens is 1. The van der Waals surface area contributed by atoms with E-state index >= 15 is 0 Å². The van der Waals surface area contributed by atoms with Crippen LogP contribution in [-0.2, 0) is 11.3 Å². The molecular weight excluding hydrogens is 386 g/mol. The van der Waals surface area contributed by atoms with E-state index in [4.69, 9.17) is 14.5 Å². The van der Waals surface area contributed by atoms with Gasteiger partial charge in [0.2, 0.25) is 0 Å². The van der Waals surface area contributed by atoms with E-state index in [-0.39, 0.29) is 0 Å². The van der Waals surface area contributed by atoms with Gasteiger partial charge in [-0.3, -0.25) is 14.9 Å². The number of hydrogen-bond donors (Lipinski definition) is 0. The zero-order valence-corrected chi connectivity index (χ0v) is 19.1. The molecule has 5 heteroatoms. The van der Waals surface area contributed by atoms with Crippen molar-refractivity contribution in [3.05, 3.63) is 59.4 Å². The van der Waals surface area contributed by atoms with Crippen LogP contribution >= 0.6 is 0 Å². The summed E-state index contributed by atoms with van der Waals surface area (Å²) in [6.45, 7) is 11.4. The normalized spacial score (nSPS) is 15.0. The van der Waals surface area contributed by atoms with Gasteiger partial charge in [0.15, 0.2) is 0 Å². The van der Waals surface area contributed by atoms with E-state index in [1.807, 2.05) is 31.6 Å². The molecule has 2 heterocycles. The van der Waals surface area contributed by atoms with Crippen molar-refractivity contribution < 1.29 is 9.47 Å². The number of allylic oxidation sites excluding steroid dienone is 2. The first-order chi connectivity index (χ1) is 15.2. The zero-order chi connectivity index (χ0) is 21.9. The van der Waals surface area contributed by atoms with Crippen molar-refractivity contribution in [1.82, 2.24) is 9.88 Å². The lowest BCUT2D eigenvalue weighted by molar-refractivity contribution is 0.111. The van der Waals surface area contributed by atoms with Gasteiger partial charge in [-0.25, -0.2) is 0 Å². The van der Waals surface area contributed by atoms with Gasteiger partial charge in [0.05, 0.1) is 6.61 Å². The highest BCUT2D eigenvalue weighted by atomic mass is 16.5. The third kappa shape index (κ3) is 6.74. The monoisotopic (exact) mass is 421 g/mol. The first-order valence-corrected chi connectivity index (χ1v) is 11.4. The van der Waals surface area contributed by atoms with Gasteiger partial charge >= 0.3 is 0 Å². The molecule has 1 aliphatic rings. The highest BCUT2D eigenvalue weighted by molar-refractivity contribution is 5.88. The summed E-state index contributed by atoms with van der Waals surface area (Å²) in [7, 11) is 0. The minimum atomic E-state index is 0.570. The summed E-state index contributed by atoms with van der Waals surface area (Å²) < 4.78 is 11.9. The molecule has 0 spiro atoms. The Morgan fingerprint density at radius 3 is 2.94 bits per heavy atom. The maximum Gasteiger partial charge on any atom is 0.148 e. The lowest BCUT2D eigenvalue weighted by Crippen LogP contribution is -2.28. The molecule has 1 aromatic carbocycles. The minimum absolute atomic E-state index is 0.570. The molecule has 0 N–H and O–H groups in total. The Morgan fingerprint density at radius 2 is 2.10 bits per heavy atom. The van der Waals surface area contributed by atoms with Crippen LogP contribution in [0.4, 0.5) is 0 Å². The summed E-state index contributed by atoms with van der Waals surface area (Å²) in [5, 5.41) is 1.17. The third-order valence-corrected chi connectivity index (χ3v) is 5.40. The summed E-state index contributed by atoms with van der Waals surface area (Å²) in [6, 6.07) is 6.43. The number of ether oxygens (including phenoxy) is 2. The molecule has 5 nitrogen and oxygen atoms in total.